The average Bonchev–Trinajstić information content (AvgIpc) is 3.65. The van der Waals surface area contributed by atoms with Crippen LogP contribution >= 0.6 is 15.9 Å². The summed E-state index contributed by atoms with van der Waals surface area (Å²) in [6, 6.07) is 41.4. The number of imide groups is 1. The minimum Gasteiger partial charge on any atom is -0.497 e. The molecule has 2 aliphatic carbocycles. The van der Waals surface area contributed by atoms with E-state index in [1.54, 1.807) is 26.4 Å². The Morgan fingerprint density at radius 1 is 0.542 bits per heavy atom. The molecule has 4 atom stereocenters. The predicted octanol–water partition coefficient (Wildman–Crippen LogP) is 7.66. The summed E-state index contributed by atoms with van der Waals surface area (Å²) < 4.78 is 11.9. The highest BCUT2D eigenvalue weighted by Gasteiger charge is 2.82. The molecule has 5 aromatic rings. The number of hydrogen-bond acceptors (Lipinski definition) is 5. The third-order valence-corrected chi connectivity index (χ3v) is 10.8. The van der Waals surface area contributed by atoms with E-state index in [1.165, 1.54) is 4.90 Å². The molecule has 7 heteroatoms. The van der Waals surface area contributed by atoms with E-state index in [0.717, 1.165) is 26.7 Å². The largest absolute Gasteiger partial charge is 0.497 e. The summed E-state index contributed by atoms with van der Waals surface area (Å²) in [5.41, 5.74) is 1.84. The van der Waals surface area contributed by atoms with Crippen molar-refractivity contribution in [1.29, 1.82) is 0 Å². The fraction of sp³-hybridized carbons (Fsp3) is 0.146. The summed E-state index contributed by atoms with van der Waals surface area (Å²) in [7, 11) is 3.22. The first kappa shape index (κ1) is 30.1. The van der Waals surface area contributed by atoms with Crippen LogP contribution in [0.2, 0.25) is 0 Å². The number of halogens is 1. The van der Waals surface area contributed by atoms with Crippen LogP contribution in [0.1, 0.15) is 22.3 Å². The number of nitrogens with zero attached hydrogens (tertiary/aromatic N) is 1. The second-order valence-electron chi connectivity index (χ2n) is 12.3. The Balaban J connectivity index is 1.54. The zero-order valence-corrected chi connectivity index (χ0v) is 27.8. The van der Waals surface area contributed by atoms with E-state index in [9.17, 15) is 0 Å². The molecule has 236 valence electrons. The third-order valence-electron chi connectivity index (χ3n) is 10.3. The molecular weight excluding hydrogens is 666 g/mol. The molecule has 8 rings (SSSR count). The maximum Gasteiger partial charge on any atom is 0.239 e. The zero-order chi connectivity index (χ0) is 33.2. The van der Waals surface area contributed by atoms with Gasteiger partial charge >= 0.3 is 0 Å². The summed E-state index contributed by atoms with van der Waals surface area (Å²) >= 11 is 3.48. The lowest BCUT2D eigenvalue weighted by Crippen LogP contribution is -2.45. The Kier molecular flexibility index (Phi) is 7.00. The Morgan fingerprint density at radius 2 is 0.938 bits per heavy atom. The molecule has 48 heavy (non-hydrogen) atoms. The minimum atomic E-state index is -1.48. The maximum atomic E-state index is 16.0. The molecule has 2 amide bonds. The van der Waals surface area contributed by atoms with Crippen molar-refractivity contribution >= 4 is 50.4 Å². The van der Waals surface area contributed by atoms with Crippen LogP contribution in [0.25, 0.3) is 11.1 Å². The van der Waals surface area contributed by atoms with Gasteiger partial charge in [-0.1, -0.05) is 101 Å². The SMILES string of the molecule is COc1ccc(C2=C(c3ccc(OC)cc3)[C@@]3(c4ccccc4)C(=O)[C@@]2(c2ccccc2)[C@H]2C(=O)N(c4ccc(Br)cc4)C(=O)[C@@H]23)cc1. The smallest absolute Gasteiger partial charge is 0.239 e. The van der Waals surface area contributed by atoms with Crippen molar-refractivity contribution < 1.29 is 23.9 Å². The molecule has 0 spiro atoms. The van der Waals surface area contributed by atoms with E-state index in [-0.39, 0.29) is 17.6 Å². The van der Waals surface area contributed by atoms with Gasteiger partial charge in [0, 0.05) is 4.47 Å². The number of hydrogen-bond donors (Lipinski definition) is 0. The number of fused-ring (bicyclic) bond motifs is 5. The highest BCUT2D eigenvalue weighted by molar-refractivity contribution is 9.10. The Morgan fingerprint density at radius 3 is 1.31 bits per heavy atom. The predicted molar refractivity (Wildman–Crippen MR) is 188 cm³/mol. The van der Waals surface area contributed by atoms with Gasteiger partial charge in [0.25, 0.3) is 0 Å². The molecule has 1 saturated heterocycles. The fourth-order valence-electron chi connectivity index (χ4n) is 8.48. The van der Waals surface area contributed by atoms with Crippen molar-refractivity contribution in [2.75, 3.05) is 19.1 Å². The van der Waals surface area contributed by atoms with Crippen molar-refractivity contribution in [2.45, 2.75) is 10.8 Å². The second-order valence-corrected chi connectivity index (χ2v) is 13.2. The van der Waals surface area contributed by atoms with Crippen LogP contribution in [-0.2, 0) is 25.2 Å². The van der Waals surface area contributed by atoms with Gasteiger partial charge < -0.3 is 9.47 Å². The highest BCUT2D eigenvalue weighted by Crippen LogP contribution is 2.74. The molecule has 0 aromatic heterocycles. The van der Waals surface area contributed by atoms with Crippen LogP contribution in [0.15, 0.2) is 138 Å². The molecule has 2 fully saturated rings. The van der Waals surface area contributed by atoms with Gasteiger partial charge in [-0.3, -0.25) is 14.4 Å². The van der Waals surface area contributed by atoms with Gasteiger partial charge in [0.2, 0.25) is 11.8 Å². The molecule has 1 saturated carbocycles. The van der Waals surface area contributed by atoms with Gasteiger partial charge in [-0.05, 0) is 81.9 Å². The number of rotatable bonds is 7. The molecule has 2 bridgehead atoms. The van der Waals surface area contributed by atoms with Crippen LogP contribution in [0.5, 0.6) is 11.5 Å². The summed E-state index contributed by atoms with van der Waals surface area (Å²) in [6.07, 6.45) is 0. The Labute approximate surface area is 286 Å². The van der Waals surface area contributed by atoms with E-state index < -0.39 is 22.7 Å². The van der Waals surface area contributed by atoms with Crippen molar-refractivity contribution in [3.05, 3.63) is 160 Å². The molecule has 3 aliphatic rings. The van der Waals surface area contributed by atoms with Gasteiger partial charge in [0.1, 0.15) is 11.5 Å². The topological polar surface area (TPSA) is 72.9 Å². The van der Waals surface area contributed by atoms with Gasteiger partial charge in [-0.25, -0.2) is 4.90 Å². The number of amides is 2. The first-order valence-corrected chi connectivity index (χ1v) is 16.5. The number of allylic oxidation sites excluding steroid dienone is 2. The summed E-state index contributed by atoms with van der Waals surface area (Å²) in [5, 5.41) is 0. The standard InChI is InChI=1S/C41H30BrNO5/c1-47-31-21-13-25(14-22-31)33-34(26-15-23-32(48-2)24-16-26)41(28-11-7-4-8-12-28)36-35(40(33,39(41)46)27-9-5-3-6-10-27)37(44)43(38(36)45)30-19-17-29(42)18-20-30/h3-24,35-36H,1-2H3/t35-,36-,40-,41-/m1/s1. The number of anilines is 1. The molecule has 0 radical (unpaired) electrons. The monoisotopic (exact) mass is 695 g/mol. The Bertz CT molecular complexity index is 1980. The molecule has 0 N–H and O–H groups in total. The molecule has 1 heterocycles. The molecule has 6 nitrogen and oxygen atoms in total. The van der Waals surface area contributed by atoms with E-state index in [2.05, 4.69) is 15.9 Å². The number of benzene rings is 5. The third kappa shape index (κ3) is 3.88. The molecule has 1 aliphatic heterocycles. The van der Waals surface area contributed by atoms with Crippen LogP contribution in [0.3, 0.4) is 0 Å². The summed E-state index contributed by atoms with van der Waals surface area (Å²) in [6.45, 7) is 0. The lowest BCUT2D eigenvalue weighted by atomic mass is 9.59. The number of ketones is 1. The van der Waals surface area contributed by atoms with Crippen LogP contribution < -0.4 is 14.4 Å². The van der Waals surface area contributed by atoms with Crippen LogP contribution in [0, 0.1) is 11.8 Å². The van der Waals surface area contributed by atoms with Gasteiger partial charge in [0.15, 0.2) is 5.78 Å². The van der Waals surface area contributed by atoms with Crippen molar-refractivity contribution in [1.82, 2.24) is 0 Å². The summed E-state index contributed by atoms with van der Waals surface area (Å²) in [4.78, 5) is 47.4. The van der Waals surface area contributed by atoms with Gasteiger partial charge in [-0.15, -0.1) is 0 Å². The van der Waals surface area contributed by atoms with Crippen molar-refractivity contribution in [2.24, 2.45) is 11.8 Å². The fourth-order valence-corrected chi connectivity index (χ4v) is 8.75. The highest BCUT2D eigenvalue weighted by atomic mass is 79.9. The van der Waals surface area contributed by atoms with E-state index in [1.807, 2.05) is 121 Å². The molecule has 5 aromatic carbocycles. The number of methoxy groups -OCH3 is 2. The number of carbonyl (C=O) groups is 3. The molecular formula is C41H30BrNO5. The van der Waals surface area contributed by atoms with Crippen molar-refractivity contribution in [3.8, 4) is 11.5 Å². The van der Waals surface area contributed by atoms with Gasteiger partial charge in [0.05, 0.1) is 42.6 Å². The maximum absolute atomic E-state index is 16.0. The van der Waals surface area contributed by atoms with E-state index in [0.29, 0.717) is 28.3 Å². The average molecular weight is 697 g/mol. The zero-order valence-electron chi connectivity index (χ0n) is 26.2. The number of Topliss-reactive ketones (excluding diaryl/α,β-unsaturated/α-hetero) is 1. The second kappa shape index (κ2) is 11.2. The van der Waals surface area contributed by atoms with Gasteiger partial charge in [-0.2, -0.15) is 0 Å². The summed E-state index contributed by atoms with van der Waals surface area (Å²) in [5.74, 6) is -1.61. The van der Waals surface area contributed by atoms with E-state index in [4.69, 9.17) is 9.47 Å². The van der Waals surface area contributed by atoms with Crippen molar-refractivity contribution in [3.63, 3.8) is 0 Å². The lowest BCUT2D eigenvalue weighted by molar-refractivity contribution is -0.130. The minimum absolute atomic E-state index is 0.170. The Hall–Kier alpha value is -5.27. The van der Waals surface area contributed by atoms with Crippen LogP contribution in [-0.4, -0.2) is 31.8 Å². The van der Waals surface area contributed by atoms with E-state index >= 15 is 14.4 Å². The number of carbonyl (C=O) groups excluding carboxylic acids is 3. The molecule has 0 unspecified atom stereocenters. The first-order chi connectivity index (χ1) is 23.4. The number of ether oxygens (including phenoxy) is 2. The van der Waals surface area contributed by atoms with Crippen LogP contribution in [0.4, 0.5) is 5.69 Å². The normalized spacial score (nSPS) is 24.3. The first-order valence-electron chi connectivity index (χ1n) is 15.7. The quantitative estimate of drug-likeness (QED) is 0.164. The lowest BCUT2D eigenvalue weighted by Gasteiger charge is -2.39.